The number of amides is 1. The molecule has 0 radical (unpaired) electrons. The van der Waals surface area contributed by atoms with Gasteiger partial charge in [-0.25, -0.2) is 4.79 Å². The number of hydrogen-bond acceptors (Lipinski definition) is 5. The first-order valence-corrected chi connectivity index (χ1v) is 11.5. The monoisotopic (exact) mass is 476 g/mol. The smallest absolute Gasteiger partial charge is 0.360 e. The fraction of sp³-hybridized carbons (Fsp3) is 0.0690. The molecule has 0 spiro atoms. The highest BCUT2D eigenvalue weighted by Crippen LogP contribution is 2.35. The Kier molecular flexibility index (Phi) is 6.30. The molecule has 0 saturated heterocycles. The number of esters is 1. The predicted octanol–water partition coefficient (Wildman–Crippen LogP) is 5.72. The molecule has 0 fully saturated rings. The molecule has 0 aliphatic carbocycles. The lowest BCUT2D eigenvalue weighted by molar-refractivity contribution is 0.0729. The van der Waals surface area contributed by atoms with Crippen molar-refractivity contribution in [3.8, 4) is 16.9 Å². The van der Waals surface area contributed by atoms with E-state index in [1.165, 1.54) is 0 Å². The first-order valence-electron chi connectivity index (χ1n) is 11.5. The molecule has 1 amide bonds. The number of fused-ring (bicyclic) bond motifs is 1. The SMILES string of the molecule is CC(N)c1ccc(C(=O)Nc2ccncc2)cc1-c1cccc2[nH]c(C(=O)Oc3ccccc3)cc12. The number of H-pyrrole nitrogens is 1. The third-order valence-corrected chi connectivity index (χ3v) is 5.87. The quantitative estimate of drug-likeness (QED) is 0.214. The molecular weight excluding hydrogens is 452 g/mol. The first kappa shape index (κ1) is 23.0. The number of rotatable bonds is 6. The molecule has 7 nitrogen and oxygen atoms in total. The van der Waals surface area contributed by atoms with Crippen molar-refractivity contribution in [2.75, 3.05) is 5.32 Å². The van der Waals surface area contributed by atoms with Crippen LogP contribution in [0.5, 0.6) is 5.75 Å². The zero-order chi connectivity index (χ0) is 25.1. The summed E-state index contributed by atoms with van der Waals surface area (Å²) < 4.78 is 5.50. The van der Waals surface area contributed by atoms with E-state index in [1.807, 2.05) is 43.3 Å². The maximum absolute atomic E-state index is 13.0. The summed E-state index contributed by atoms with van der Waals surface area (Å²) in [5, 5.41) is 3.71. The van der Waals surface area contributed by atoms with Gasteiger partial charge in [-0.2, -0.15) is 0 Å². The van der Waals surface area contributed by atoms with Crippen LogP contribution >= 0.6 is 0 Å². The van der Waals surface area contributed by atoms with Crippen molar-refractivity contribution >= 4 is 28.5 Å². The summed E-state index contributed by atoms with van der Waals surface area (Å²) in [4.78, 5) is 32.9. The summed E-state index contributed by atoms with van der Waals surface area (Å²) in [5.41, 5.74) is 11.1. The Balaban J connectivity index is 1.53. The van der Waals surface area contributed by atoms with Crippen LogP contribution in [-0.2, 0) is 0 Å². The molecule has 7 heteroatoms. The number of carbonyl (C=O) groups is 2. The number of nitrogens with one attached hydrogen (secondary N) is 2. The summed E-state index contributed by atoms with van der Waals surface area (Å²) in [6.07, 6.45) is 3.24. The number of para-hydroxylation sites is 1. The van der Waals surface area contributed by atoms with Gasteiger partial charge < -0.3 is 20.8 Å². The number of nitrogens with two attached hydrogens (primary N) is 1. The van der Waals surface area contributed by atoms with Crippen LogP contribution < -0.4 is 15.8 Å². The minimum Gasteiger partial charge on any atom is -0.422 e. The summed E-state index contributed by atoms with van der Waals surface area (Å²) in [6.45, 7) is 1.90. The van der Waals surface area contributed by atoms with Crippen molar-refractivity contribution in [1.29, 1.82) is 0 Å². The standard InChI is InChI=1S/C29H24N4O3/c1-18(30)22-11-10-19(28(34)32-20-12-14-31-15-13-20)16-24(22)23-8-5-9-26-25(23)17-27(33-26)29(35)36-21-6-3-2-4-7-21/h2-18,33H,30H2,1H3,(H,31,32,34). The number of nitrogens with zero attached hydrogens (tertiary/aromatic N) is 1. The largest absolute Gasteiger partial charge is 0.422 e. The summed E-state index contributed by atoms with van der Waals surface area (Å²) in [7, 11) is 0. The topological polar surface area (TPSA) is 110 Å². The van der Waals surface area contributed by atoms with Crippen molar-refractivity contribution in [2.24, 2.45) is 5.73 Å². The number of pyridine rings is 1. The Morgan fingerprint density at radius 1 is 0.917 bits per heavy atom. The maximum Gasteiger partial charge on any atom is 0.360 e. The van der Waals surface area contributed by atoms with Crippen molar-refractivity contribution in [1.82, 2.24) is 9.97 Å². The third kappa shape index (κ3) is 4.73. The Bertz CT molecular complexity index is 1540. The zero-order valence-electron chi connectivity index (χ0n) is 19.6. The summed E-state index contributed by atoms with van der Waals surface area (Å²) in [5.74, 6) is -0.262. The lowest BCUT2D eigenvalue weighted by atomic mass is 9.92. The molecule has 4 N–H and O–H groups in total. The molecular formula is C29H24N4O3. The highest BCUT2D eigenvalue weighted by atomic mass is 16.5. The predicted molar refractivity (Wildman–Crippen MR) is 140 cm³/mol. The Morgan fingerprint density at radius 2 is 1.69 bits per heavy atom. The van der Waals surface area contributed by atoms with Gasteiger partial charge in [0.25, 0.3) is 5.91 Å². The molecule has 2 heterocycles. The molecule has 0 aliphatic rings. The highest BCUT2D eigenvalue weighted by Gasteiger charge is 2.18. The van der Waals surface area contributed by atoms with Crippen molar-refractivity contribution in [3.63, 3.8) is 0 Å². The fourth-order valence-electron chi connectivity index (χ4n) is 4.12. The lowest BCUT2D eigenvalue weighted by Gasteiger charge is -2.16. The van der Waals surface area contributed by atoms with E-state index in [0.717, 1.165) is 27.6 Å². The van der Waals surface area contributed by atoms with Crippen LogP contribution in [0.2, 0.25) is 0 Å². The van der Waals surface area contributed by atoms with Crippen LogP contribution in [0.3, 0.4) is 0 Å². The van der Waals surface area contributed by atoms with Crippen LogP contribution in [-0.4, -0.2) is 21.8 Å². The Morgan fingerprint density at radius 3 is 2.44 bits per heavy atom. The maximum atomic E-state index is 13.0. The molecule has 5 aromatic rings. The van der Waals surface area contributed by atoms with Gasteiger partial charge in [-0.3, -0.25) is 9.78 Å². The van der Waals surface area contributed by atoms with Crippen LogP contribution in [0.1, 0.15) is 39.4 Å². The number of anilines is 1. The fourth-order valence-corrected chi connectivity index (χ4v) is 4.12. The van der Waals surface area contributed by atoms with Crippen LogP contribution in [0.15, 0.2) is 97.3 Å². The molecule has 2 aromatic heterocycles. The highest BCUT2D eigenvalue weighted by molar-refractivity contribution is 6.07. The number of aromatic amines is 1. The van der Waals surface area contributed by atoms with E-state index in [2.05, 4.69) is 15.3 Å². The van der Waals surface area contributed by atoms with Crippen molar-refractivity contribution < 1.29 is 14.3 Å². The van der Waals surface area contributed by atoms with E-state index >= 15 is 0 Å². The van der Waals surface area contributed by atoms with Gasteiger partial charge in [0.05, 0.1) is 0 Å². The van der Waals surface area contributed by atoms with Crippen LogP contribution in [0, 0.1) is 0 Å². The van der Waals surface area contributed by atoms with E-state index in [4.69, 9.17) is 10.5 Å². The second kappa shape index (κ2) is 9.85. The van der Waals surface area contributed by atoms with E-state index in [9.17, 15) is 9.59 Å². The normalized spacial score (nSPS) is 11.7. The second-order valence-corrected chi connectivity index (χ2v) is 8.43. The number of ether oxygens (including phenoxy) is 1. The zero-order valence-corrected chi connectivity index (χ0v) is 19.6. The Hall–Kier alpha value is -4.75. The number of aromatic nitrogens is 2. The molecule has 5 rings (SSSR count). The summed E-state index contributed by atoms with van der Waals surface area (Å²) in [6, 6.07) is 25.1. The lowest BCUT2D eigenvalue weighted by Crippen LogP contribution is -2.13. The van der Waals surface area contributed by atoms with Crippen LogP contribution in [0.25, 0.3) is 22.0 Å². The molecule has 0 saturated carbocycles. The van der Waals surface area contributed by atoms with E-state index in [1.54, 1.807) is 60.9 Å². The van der Waals surface area contributed by atoms with Gasteiger partial charge in [0.15, 0.2) is 0 Å². The molecule has 1 atom stereocenters. The molecule has 36 heavy (non-hydrogen) atoms. The van der Waals surface area contributed by atoms with Gasteiger partial charge in [-0.05, 0) is 72.1 Å². The van der Waals surface area contributed by atoms with Gasteiger partial charge >= 0.3 is 5.97 Å². The molecule has 1 unspecified atom stereocenters. The number of hydrogen-bond donors (Lipinski definition) is 3. The average molecular weight is 477 g/mol. The van der Waals surface area contributed by atoms with E-state index < -0.39 is 5.97 Å². The first-order chi connectivity index (χ1) is 17.5. The van der Waals surface area contributed by atoms with E-state index in [-0.39, 0.29) is 11.9 Å². The van der Waals surface area contributed by atoms with Crippen molar-refractivity contribution in [2.45, 2.75) is 13.0 Å². The summed E-state index contributed by atoms with van der Waals surface area (Å²) >= 11 is 0. The van der Waals surface area contributed by atoms with E-state index in [0.29, 0.717) is 22.7 Å². The second-order valence-electron chi connectivity index (χ2n) is 8.43. The van der Waals surface area contributed by atoms with Gasteiger partial charge in [0.2, 0.25) is 0 Å². The average Bonchev–Trinajstić information content (AvgIpc) is 3.34. The Labute approximate surface area is 207 Å². The minimum absolute atomic E-state index is 0.243. The molecule has 0 bridgehead atoms. The van der Waals surface area contributed by atoms with Gasteiger partial charge in [-0.1, -0.05) is 36.4 Å². The van der Waals surface area contributed by atoms with Crippen molar-refractivity contribution in [3.05, 3.63) is 114 Å². The molecule has 3 aromatic carbocycles. The van der Waals surface area contributed by atoms with Gasteiger partial charge in [0, 0.05) is 40.6 Å². The minimum atomic E-state index is -0.485. The van der Waals surface area contributed by atoms with Gasteiger partial charge in [-0.15, -0.1) is 0 Å². The number of benzene rings is 3. The third-order valence-electron chi connectivity index (χ3n) is 5.87. The van der Waals surface area contributed by atoms with Crippen LogP contribution in [0.4, 0.5) is 5.69 Å². The van der Waals surface area contributed by atoms with Gasteiger partial charge in [0.1, 0.15) is 11.4 Å². The number of carbonyl (C=O) groups excluding carboxylic acids is 2. The molecule has 0 aliphatic heterocycles. The molecule has 178 valence electrons.